The van der Waals surface area contributed by atoms with Gasteiger partial charge in [-0.1, -0.05) is 20.8 Å². The molecule has 1 aromatic heterocycles. The van der Waals surface area contributed by atoms with Gasteiger partial charge in [0.1, 0.15) is 0 Å². The molecule has 0 radical (unpaired) electrons. The lowest BCUT2D eigenvalue weighted by Gasteiger charge is -2.35. The Kier molecular flexibility index (Phi) is 2.44. The van der Waals surface area contributed by atoms with Gasteiger partial charge in [-0.05, 0) is 36.3 Å². The normalized spacial score (nSPS) is 24.7. The van der Waals surface area contributed by atoms with Gasteiger partial charge in [0.15, 0.2) is 0 Å². The van der Waals surface area contributed by atoms with E-state index in [2.05, 4.69) is 26.8 Å². The Balaban J connectivity index is 2.40. The highest BCUT2D eigenvalue weighted by Gasteiger charge is 2.34. The first-order chi connectivity index (χ1) is 6.54. The Bertz CT molecular complexity index is 338. The van der Waals surface area contributed by atoms with Gasteiger partial charge in [-0.3, -0.25) is 0 Å². The van der Waals surface area contributed by atoms with Crippen LogP contribution in [0, 0.1) is 5.41 Å². The highest BCUT2D eigenvalue weighted by molar-refractivity contribution is 7.12. The molecule has 1 unspecified atom stereocenters. The van der Waals surface area contributed by atoms with Crippen LogP contribution in [0.4, 0.5) is 0 Å². The van der Waals surface area contributed by atoms with Crippen molar-refractivity contribution in [3.63, 3.8) is 0 Å². The minimum Gasteiger partial charge on any atom is -0.323 e. The number of hydrogen-bond donors (Lipinski definition) is 1. The minimum atomic E-state index is 0.247. The van der Waals surface area contributed by atoms with Gasteiger partial charge in [0.2, 0.25) is 0 Å². The molecule has 0 fully saturated rings. The zero-order chi connectivity index (χ0) is 10.3. The van der Waals surface area contributed by atoms with E-state index >= 15 is 0 Å². The fraction of sp³-hybridized carbons (Fsp3) is 0.667. The van der Waals surface area contributed by atoms with E-state index in [1.54, 1.807) is 0 Å². The zero-order valence-corrected chi connectivity index (χ0v) is 10.1. The summed E-state index contributed by atoms with van der Waals surface area (Å²) in [5.41, 5.74) is 8.10. The maximum atomic E-state index is 6.30. The molecule has 1 nitrogen and oxygen atoms in total. The van der Waals surface area contributed by atoms with Gasteiger partial charge >= 0.3 is 0 Å². The molecule has 14 heavy (non-hydrogen) atoms. The second kappa shape index (κ2) is 3.35. The lowest BCUT2D eigenvalue weighted by molar-refractivity contribution is 0.253. The van der Waals surface area contributed by atoms with Crippen molar-refractivity contribution < 1.29 is 0 Å². The molecule has 2 N–H and O–H groups in total. The summed E-state index contributed by atoms with van der Waals surface area (Å²) in [5.74, 6) is 0. The van der Waals surface area contributed by atoms with Crippen LogP contribution in [-0.2, 0) is 12.8 Å². The molecule has 2 rings (SSSR count). The van der Waals surface area contributed by atoms with Crippen LogP contribution in [0.3, 0.4) is 0 Å². The van der Waals surface area contributed by atoms with Crippen LogP contribution < -0.4 is 5.73 Å². The maximum Gasteiger partial charge on any atom is 0.0444 e. The lowest BCUT2D eigenvalue weighted by Crippen LogP contribution is -2.32. The Morgan fingerprint density at radius 1 is 1.57 bits per heavy atom. The number of nitrogens with two attached hydrogens (primary N) is 1. The van der Waals surface area contributed by atoms with Crippen LogP contribution in [0.2, 0.25) is 0 Å². The number of fused-ring (bicyclic) bond motifs is 1. The molecule has 1 atom stereocenters. The van der Waals surface area contributed by atoms with E-state index in [1.807, 2.05) is 11.3 Å². The van der Waals surface area contributed by atoms with E-state index in [1.165, 1.54) is 28.2 Å². The first-order valence-corrected chi connectivity index (χ1v) is 6.23. The monoisotopic (exact) mass is 209 g/mol. The lowest BCUT2D eigenvalue weighted by atomic mass is 9.74. The fourth-order valence-corrected chi connectivity index (χ4v) is 3.47. The second-order valence-corrected chi connectivity index (χ2v) is 6.09. The van der Waals surface area contributed by atoms with Gasteiger partial charge in [0, 0.05) is 15.8 Å². The van der Waals surface area contributed by atoms with E-state index in [0.717, 1.165) is 6.42 Å². The molecule has 0 saturated carbocycles. The van der Waals surface area contributed by atoms with Gasteiger partial charge in [0.25, 0.3) is 0 Å². The third-order valence-electron chi connectivity index (χ3n) is 3.40. The van der Waals surface area contributed by atoms with Crippen molar-refractivity contribution in [2.45, 2.75) is 46.1 Å². The van der Waals surface area contributed by atoms with Gasteiger partial charge in [-0.2, -0.15) is 0 Å². The van der Waals surface area contributed by atoms with Crippen LogP contribution in [-0.4, -0.2) is 0 Å². The van der Waals surface area contributed by atoms with Crippen molar-refractivity contribution in [2.24, 2.45) is 11.1 Å². The Morgan fingerprint density at radius 2 is 2.29 bits per heavy atom. The zero-order valence-electron chi connectivity index (χ0n) is 9.26. The van der Waals surface area contributed by atoms with Gasteiger partial charge in [-0.15, -0.1) is 11.3 Å². The summed E-state index contributed by atoms with van der Waals surface area (Å²) >= 11 is 1.92. The van der Waals surface area contributed by atoms with Crippen molar-refractivity contribution in [3.8, 4) is 0 Å². The van der Waals surface area contributed by atoms with Crippen LogP contribution in [0.15, 0.2) is 6.07 Å². The summed E-state index contributed by atoms with van der Waals surface area (Å²) in [6, 6.07) is 2.60. The predicted octanol–water partition coefficient (Wildman–Crippen LogP) is 3.28. The van der Waals surface area contributed by atoms with Crippen LogP contribution in [0.25, 0.3) is 0 Å². The van der Waals surface area contributed by atoms with Crippen LogP contribution in [0.5, 0.6) is 0 Å². The second-order valence-electron chi connectivity index (χ2n) is 4.92. The van der Waals surface area contributed by atoms with E-state index in [-0.39, 0.29) is 11.5 Å². The van der Waals surface area contributed by atoms with E-state index in [4.69, 9.17) is 5.73 Å². The van der Waals surface area contributed by atoms with E-state index < -0.39 is 0 Å². The van der Waals surface area contributed by atoms with Gasteiger partial charge < -0.3 is 5.73 Å². The Morgan fingerprint density at radius 3 is 2.93 bits per heavy atom. The molecule has 1 aliphatic carbocycles. The smallest absolute Gasteiger partial charge is 0.0444 e. The highest BCUT2D eigenvalue weighted by atomic mass is 32.1. The summed E-state index contributed by atoms with van der Waals surface area (Å²) < 4.78 is 0. The summed E-state index contributed by atoms with van der Waals surface area (Å²) in [7, 11) is 0. The van der Waals surface area contributed by atoms with Crippen LogP contribution in [0.1, 0.15) is 48.6 Å². The number of aryl methyl sites for hydroxylation is 2. The standard InChI is InChI=1S/C12H19NS/c1-4-9-7-8-5-6-12(2,3)11(13)10(8)14-9/h7,11H,4-6,13H2,1-3H3. The molecule has 78 valence electrons. The minimum absolute atomic E-state index is 0.247. The fourth-order valence-electron chi connectivity index (χ4n) is 2.10. The quantitative estimate of drug-likeness (QED) is 0.754. The topological polar surface area (TPSA) is 26.0 Å². The highest BCUT2D eigenvalue weighted by Crippen LogP contribution is 2.45. The Labute approximate surface area is 90.3 Å². The molecule has 1 aromatic rings. The first kappa shape index (κ1) is 10.2. The average Bonchev–Trinajstić information content (AvgIpc) is 2.55. The van der Waals surface area contributed by atoms with Gasteiger partial charge in [-0.25, -0.2) is 0 Å². The number of thiophene rings is 1. The third kappa shape index (κ3) is 1.51. The first-order valence-electron chi connectivity index (χ1n) is 5.41. The summed E-state index contributed by atoms with van der Waals surface area (Å²) in [6.45, 7) is 6.78. The van der Waals surface area contributed by atoms with Crippen molar-refractivity contribution in [1.29, 1.82) is 0 Å². The predicted molar refractivity (Wildman–Crippen MR) is 62.7 cm³/mol. The summed E-state index contributed by atoms with van der Waals surface area (Å²) in [4.78, 5) is 2.93. The largest absolute Gasteiger partial charge is 0.323 e. The molecule has 0 aliphatic heterocycles. The SMILES string of the molecule is CCc1cc2c(s1)C(N)C(C)(C)CC2. The Hall–Kier alpha value is -0.340. The van der Waals surface area contributed by atoms with E-state index in [0.29, 0.717) is 0 Å². The van der Waals surface area contributed by atoms with Gasteiger partial charge in [0.05, 0.1) is 0 Å². The molecular formula is C12H19NS. The summed E-state index contributed by atoms with van der Waals surface area (Å²) in [5, 5.41) is 0. The molecule has 1 heterocycles. The molecule has 1 aliphatic rings. The maximum absolute atomic E-state index is 6.30. The van der Waals surface area contributed by atoms with Crippen molar-refractivity contribution in [3.05, 3.63) is 21.4 Å². The van der Waals surface area contributed by atoms with Crippen LogP contribution >= 0.6 is 11.3 Å². The molecule has 0 aromatic carbocycles. The van der Waals surface area contributed by atoms with Crippen molar-refractivity contribution in [2.75, 3.05) is 0 Å². The number of hydrogen-bond acceptors (Lipinski definition) is 2. The molecule has 2 heteroatoms. The summed E-state index contributed by atoms with van der Waals surface area (Å²) in [6.07, 6.45) is 3.58. The van der Waals surface area contributed by atoms with Crippen molar-refractivity contribution >= 4 is 11.3 Å². The number of rotatable bonds is 1. The average molecular weight is 209 g/mol. The molecule has 0 bridgehead atoms. The third-order valence-corrected chi connectivity index (χ3v) is 4.81. The molecule has 0 spiro atoms. The molecular weight excluding hydrogens is 190 g/mol. The van der Waals surface area contributed by atoms with E-state index in [9.17, 15) is 0 Å². The molecule has 0 saturated heterocycles. The van der Waals surface area contributed by atoms with Crippen molar-refractivity contribution in [1.82, 2.24) is 0 Å². The molecule has 0 amide bonds.